The van der Waals surface area contributed by atoms with Crippen molar-refractivity contribution in [3.05, 3.63) is 28.0 Å². The van der Waals surface area contributed by atoms with Crippen LogP contribution in [0.1, 0.15) is 38.4 Å². The Morgan fingerprint density at radius 1 is 1.21 bits per heavy atom. The fourth-order valence-corrected chi connectivity index (χ4v) is 2.56. The molecular weight excluding hydrogens is 303 g/mol. The van der Waals surface area contributed by atoms with E-state index >= 15 is 0 Å². The summed E-state index contributed by atoms with van der Waals surface area (Å²) in [5.74, 6) is 1.43. The Labute approximate surface area is 128 Å². The maximum atomic E-state index is 6.24. The number of rotatable bonds is 4. The van der Waals surface area contributed by atoms with Gasteiger partial charge in [0.2, 0.25) is 0 Å². The molecule has 2 unspecified atom stereocenters. The van der Waals surface area contributed by atoms with Gasteiger partial charge < -0.3 is 4.57 Å². The second-order valence-electron chi connectivity index (χ2n) is 4.97. The van der Waals surface area contributed by atoms with Crippen LogP contribution in [-0.2, 0) is 6.54 Å². The van der Waals surface area contributed by atoms with E-state index in [2.05, 4.69) is 23.4 Å². The van der Waals surface area contributed by atoms with Crippen LogP contribution in [0.15, 0.2) is 12.1 Å². The van der Waals surface area contributed by atoms with E-state index in [4.69, 9.17) is 34.8 Å². The van der Waals surface area contributed by atoms with Gasteiger partial charge in [-0.05, 0) is 25.0 Å². The highest BCUT2D eigenvalue weighted by Gasteiger charge is 2.17. The first-order valence-corrected chi connectivity index (χ1v) is 7.62. The van der Waals surface area contributed by atoms with E-state index in [-0.39, 0.29) is 5.38 Å². The topological polar surface area (TPSA) is 17.8 Å². The molecule has 0 N–H and O–H groups in total. The number of hydrogen-bond donors (Lipinski definition) is 0. The van der Waals surface area contributed by atoms with Crippen molar-refractivity contribution in [3.63, 3.8) is 0 Å². The molecule has 1 heterocycles. The van der Waals surface area contributed by atoms with E-state index in [1.54, 1.807) is 6.07 Å². The highest BCUT2D eigenvalue weighted by molar-refractivity contribution is 6.42. The van der Waals surface area contributed by atoms with E-state index in [0.29, 0.717) is 16.0 Å². The Balaban J connectivity index is 2.62. The molecule has 0 amide bonds. The van der Waals surface area contributed by atoms with E-state index in [1.807, 2.05) is 13.0 Å². The van der Waals surface area contributed by atoms with Gasteiger partial charge in [-0.3, -0.25) is 0 Å². The second kappa shape index (κ2) is 5.90. The third-order valence-electron chi connectivity index (χ3n) is 3.37. The smallest absolute Gasteiger partial charge is 0.127 e. The second-order valence-corrected chi connectivity index (χ2v) is 6.43. The maximum absolute atomic E-state index is 6.24. The third kappa shape index (κ3) is 3.01. The Bertz CT molecular complexity index is 590. The Morgan fingerprint density at radius 2 is 1.84 bits per heavy atom. The minimum absolute atomic E-state index is 0.144. The highest BCUT2D eigenvalue weighted by atomic mass is 35.5. The lowest BCUT2D eigenvalue weighted by Gasteiger charge is -2.14. The van der Waals surface area contributed by atoms with Crippen molar-refractivity contribution in [2.24, 2.45) is 5.92 Å². The zero-order valence-electron chi connectivity index (χ0n) is 11.3. The maximum Gasteiger partial charge on any atom is 0.127 e. The van der Waals surface area contributed by atoms with E-state index in [1.165, 1.54) is 0 Å². The molecule has 0 bridgehead atoms. The fraction of sp³-hybridized carbons (Fsp3) is 0.500. The zero-order chi connectivity index (χ0) is 14.2. The van der Waals surface area contributed by atoms with Crippen LogP contribution in [0.2, 0.25) is 10.0 Å². The molecule has 2 aromatic rings. The molecule has 5 heteroatoms. The molecule has 0 aliphatic heterocycles. The first-order valence-electron chi connectivity index (χ1n) is 6.43. The molecule has 0 saturated carbocycles. The summed E-state index contributed by atoms with van der Waals surface area (Å²) < 4.78 is 2.16. The van der Waals surface area contributed by atoms with Crippen molar-refractivity contribution in [2.75, 3.05) is 0 Å². The summed E-state index contributed by atoms with van der Waals surface area (Å²) in [4.78, 5) is 4.59. The van der Waals surface area contributed by atoms with E-state index in [9.17, 15) is 0 Å². The Kier molecular flexibility index (Phi) is 4.65. The fourth-order valence-electron chi connectivity index (χ4n) is 2.08. The van der Waals surface area contributed by atoms with Gasteiger partial charge in [0.25, 0.3) is 0 Å². The van der Waals surface area contributed by atoms with Gasteiger partial charge in [0.1, 0.15) is 5.82 Å². The van der Waals surface area contributed by atoms with Crippen molar-refractivity contribution < 1.29 is 0 Å². The molecule has 0 aliphatic carbocycles. The first kappa shape index (κ1) is 15.0. The minimum atomic E-state index is -0.144. The van der Waals surface area contributed by atoms with Crippen LogP contribution < -0.4 is 0 Å². The van der Waals surface area contributed by atoms with Gasteiger partial charge in [0, 0.05) is 6.54 Å². The number of alkyl halides is 1. The largest absolute Gasteiger partial charge is 0.326 e. The normalized spacial score (nSPS) is 14.8. The lowest BCUT2D eigenvalue weighted by Crippen LogP contribution is -2.10. The predicted molar refractivity (Wildman–Crippen MR) is 83.5 cm³/mol. The molecule has 1 aromatic heterocycles. The summed E-state index contributed by atoms with van der Waals surface area (Å²) in [7, 11) is 0. The van der Waals surface area contributed by atoms with Gasteiger partial charge in [-0.1, -0.05) is 43.5 Å². The Hall–Kier alpha value is -0.440. The van der Waals surface area contributed by atoms with Crippen LogP contribution in [0.25, 0.3) is 11.0 Å². The molecule has 0 saturated heterocycles. The number of nitrogens with zero attached hydrogens (tertiary/aromatic N) is 2. The highest BCUT2D eigenvalue weighted by Crippen LogP contribution is 2.31. The molecule has 0 spiro atoms. The van der Waals surface area contributed by atoms with Gasteiger partial charge in [-0.2, -0.15) is 0 Å². The van der Waals surface area contributed by atoms with Gasteiger partial charge in [0.15, 0.2) is 0 Å². The summed E-state index contributed by atoms with van der Waals surface area (Å²) in [6.45, 7) is 7.21. The summed E-state index contributed by atoms with van der Waals surface area (Å²) in [6.07, 6.45) is 1.11. The number of halogens is 3. The van der Waals surface area contributed by atoms with Gasteiger partial charge >= 0.3 is 0 Å². The minimum Gasteiger partial charge on any atom is -0.326 e. The van der Waals surface area contributed by atoms with Crippen LogP contribution >= 0.6 is 34.8 Å². The molecule has 19 heavy (non-hydrogen) atoms. The van der Waals surface area contributed by atoms with Crippen LogP contribution in [0.4, 0.5) is 0 Å². The third-order valence-corrected chi connectivity index (χ3v) is 4.28. The van der Waals surface area contributed by atoms with Gasteiger partial charge in [-0.25, -0.2) is 4.98 Å². The lowest BCUT2D eigenvalue weighted by atomic mass is 10.1. The number of aromatic nitrogens is 2. The average Bonchev–Trinajstić information content (AvgIpc) is 2.68. The van der Waals surface area contributed by atoms with Crippen molar-refractivity contribution in [3.8, 4) is 0 Å². The molecule has 0 fully saturated rings. The first-order chi connectivity index (χ1) is 8.93. The van der Waals surface area contributed by atoms with Gasteiger partial charge in [-0.15, -0.1) is 11.6 Å². The summed E-state index contributed by atoms with van der Waals surface area (Å²) in [5, 5.41) is 0.929. The van der Waals surface area contributed by atoms with E-state index in [0.717, 1.165) is 29.8 Å². The van der Waals surface area contributed by atoms with Gasteiger partial charge in [0.05, 0.1) is 26.5 Å². The molecule has 1 aromatic carbocycles. The van der Waals surface area contributed by atoms with Crippen LogP contribution in [0.3, 0.4) is 0 Å². The zero-order valence-corrected chi connectivity index (χ0v) is 13.5. The Morgan fingerprint density at radius 3 is 2.42 bits per heavy atom. The molecule has 0 radical (unpaired) electrons. The lowest BCUT2D eigenvalue weighted by molar-refractivity contribution is 0.465. The molecular formula is C14H17Cl3N2. The molecule has 0 aliphatic rings. The molecule has 2 nitrogen and oxygen atoms in total. The SMILES string of the molecule is CCC(C)Cn1c(C(C)Cl)nc2cc(Cl)c(Cl)cc21. The number of benzene rings is 1. The van der Waals surface area contributed by atoms with Crippen LogP contribution in [-0.4, -0.2) is 9.55 Å². The number of imidazole rings is 1. The summed E-state index contributed by atoms with van der Waals surface area (Å²) >= 11 is 18.4. The van der Waals surface area contributed by atoms with Crippen molar-refractivity contribution in [2.45, 2.75) is 39.1 Å². The summed E-state index contributed by atoms with van der Waals surface area (Å²) in [5.41, 5.74) is 1.84. The monoisotopic (exact) mass is 318 g/mol. The quantitative estimate of drug-likeness (QED) is 0.662. The van der Waals surface area contributed by atoms with Crippen LogP contribution in [0, 0.1) is 5.92 Å². The number of hydrogen-bond acceptors (Lipinski definition) is 1. The average molecular weight is 320 g/mol. The van der Waals surface area contributed by atoms with Crippen molar-refractivity contribution in [1.29, 1.82) is 0 Å². The summed E-state index contributed by atoms with van der Waals surface area (Å²) in [6, 6.07) is 3.67. The van der Waals surface area contributed by atoms with Crippen molar-refractivity contribution in [1.82, 2.24) is 9.55 Å². The standard InChI is InChI=1S/C14H17Cl3N2/c1-4-8(2)7-19-13-6-11(17)10(16)5-12(13)18-14(19)9(3)15/h5-6,8-9H,4,7H2,1-3H3. The molecule has 2 rings (SSSR count). The number of fused-ring (bicyclic) bond motifs is 1. The predicted octanol–water partition coefficient (Wildman–Crippen LogP) is 5.69. The molecule has 2 atom stereocenters. The molecule has 104 valence electrons. The van der Waals surface area contributed by atoms with E-state index < -0.39 is 0 Å². The van der Waals surface area contributed by atoms with Crippen molar-refractivity contribution >= 4 is 45.8 Å². The van der Waals surface area contributed by atoms with Crippen LogP contribution in [0.5, 0.6) is 0 Å².